The fraction of sp³-hybridized carbons (Fsp3) is 0.778. The second kappa shape index (κ2) is 8.19. The molecule has 0 spiro atoms. The third-order valence-electron chi connectivity index (χ3n) is 1.50. The van der Waals surface area contributed by atoms with Crippen LogP contribution in [0.25, 0.3) is 0 Å². The molecule has 0 aromatic heterocycles. The van der Waals surface area contributed by atoms with Crippen molar-refractivity contribution in [3.63, 3.8) is 0 Å². The van der Waals surface area contributed by atoms with Crippen molar-refractivity contribution in [1.29, 1.82) is 0 Å². The van der Waals surface area contributed by atoms with Crippen molar-refractivity contribution in [3.05, 3.63) is 0 Å². The van der Waals surface area contributed by atoms with E-state index in [1.165, 1.54) is 0 Å². The monoisotopic (exact) mass is 219 g/mol. The largest absolute Gasteiger partial charge is 0.457 e. The van der Waals surface area contributed by atoms with E-state index in [0.29, 0.717) is 12.8 Å². The molecule has 1 atom stereocenters. The second-order valence-corrected chi connectivity index (χ2v) is 3.03. The molecule has 0 heterocycles. The van der Waals surface area contributed by atoms with Gasteiger partial charge in [0, 0.05) is 6.42 Å². The van der Waals surface area contributed by atoms with Gasteiger partial charge in [-0.05, 0) is 6.42 Å². The Labute approximate surface area is 88.3 Å². The van der Waals surface area contributed by atoms with Gasteiger partial charge in [0.05, 0.1) is 13.2 Å². The number of aliphatic hydroxyl groups is 1. The van der Waals surface area contributed by atoms with Crippen molar-refractivity contribution < 1.29 is 24.2 Å². The molecule has 0 radical (unpaired) electrons. The summed E-state index contributed by atoms with van der Waals surface area (Å²) in [5.74, 6) is -0.995. The number of rotatable bonds is 8. The second-order valence-electron chi connectivity index (χ2n) is 3.03. The van der Waals surface area contributed by atoms with E-state index in [4.69, 9.17) is 20.3 Å². The van der Waals surface area contributed by atoms with E-state index < -0.39 is 12.0 Å². The summed E-state index contributed by atoms with van der Waals surface area (Å²) < 4.78 is 9.67. The number of esters is 1. The molecule has 3 N–H and O–H groups in total. The predicted octanol–water partition coefficient (Wildman–Crippen LogP) is -0.807. The van der Waals surface area contributed by atoms with Gasteiger partial charge in [-0.25, -0.2) is 0 Å². The third kappa shape index (κ3) is 7.90. The molecule has 0 aliphatic heterocycles. The summed E-state index contributed by atoms with van der Waals surface area (Å²) in [5.41, 5.74) is 4.83. The molecule has 6 nitrogen and oxygen atoms in total. The van der Waals surface area contributed by atoms with Crippen LogP contribution in [0.2, 0.25) is 0 Å². The van der Waals surface area contributed by atoms with Crippen molar-refractivity contribution >= 4 is 11.9 Å². The lowest BCUT2D eigenvalue weighted by Crippen LogP contribution is -2.29. The van der Waals surface area contributed by atoms with E-state index in [1.807, 2.05) is 6.92 Å². The average Bonchev–Trinajstić information content (AvgIpc) is 2.16. The Hall–Kier alpha value is -1.14. The quantitative estimate of drug-likeness (QED) is 0.520. The standard InChI is InChI=1S/C9H17NO5/c1-2-3-9(13)15-7(4-11)5-14-6-8(10)12/h7,11H,2-6H2,1H3,(H2,10,12). The van der Waals surface area contributed by atoms with Crippen LogP contribution >= 0.6 is 0 Å². The molecule has 0 rings (SSSR count). The molecular formula is C9H17NO5. The van der Waals surface area contributed by atoms with Gasteiger partial charge >= 0.3 is 5.97 Å². The van der Waals surface area contributed by atoms with E-state index in [-0.39, 0.29) is 25.8 Å². The lowest BCUT2D eigenvalue weighted by molar-refractivity contribution is -0.155. The van der Waals surface area contributed by atoms with Gasteiger partial charge in [-0.3, -0.25) is 9.59 Å². The van der Waals surface area contributed by atoms with Crippen LogP contribution in [0.5, 0.6) is 0 Å². The Bertz CT molecular complexity index is 207. The van der Waals surface area contributed by atoms with Crippen LogP contribution in [0.1, 0.15) is 19.8 Å². The van der Waals surface area contributed by atoms with Crippen LogP contribution in [-0.4, -0.2) is 42.9 Å². The van der Waals surface area contributed by atoms with Crippen LogP contribution < -0.4 is 5.73 Å². The van der Waals surface area contributed by atoms with Gasteiger partial charge in [-0.1, -0.05) is 6.92 Å². The fourth-order valence-electron chi connectivity index (χ4n) is 0.864. The first-order valence-electron chi connectivity index (χ1n) is 4.76. The highest BCUT2D eigenvalue weighted by Gasteiger charge is 2.13. The normalized spacial score (nSPS) is 12.1. The minimum absolute atomic E-state index is 0.0328. The molecule has 0 saturated carbocycles. The maximum absolute atomic E-state index is 11.0. The van der Waals surface area contributed by atoms with Gasteiger partial charge in [0.15, 0.2) is 0 Å². The summed E-state index contributed by atoms with van der Waals surface area (Å²) in [4.78, 5) is 21.3. The number of hydrogen-bond donors (Lipinski definition) is 2. The molecule has 1 amide bonds. The number of carbonyl (C=O) groups excluding carboxylic acids is 2. The molecule has 6 heteroatoms. The maximum atomic E-state index is 11.0. The number of ether oxygens (including phenoxy) is 2. The zero-order valence-electron chi connectivity index (χ0n) is 8.77. The van der Waals surface area contributed by atoms with E-state index in [0.717, 1.165) is 0 Å². The highest BCUT2D eigenvalue weighted by molar-refractivity contribution is 5.75. The van der Waals surface area contributed by atoms with Crippen LogP contribution in [0.3, 0.4) is 0 Å². The molecule has 88 valence electrons. The Morgan fingerprint density at radius 2 is 2.13 bits per heavy atom. The molecular weight excluding hydrogens is 202 g/mol. The maximum Gasteiger partial charge on any atom is 0.306 e. The zero-order chi connectivity index (χ0) is 11.7. The van der Waals surface area contributed by atoms with Gasteiger partial charge < -0.3 is 20.3 Å². The van der Waals surface area contributed by atoms with Crippen molar-refractivity contribution in [2.45, 2.75) is 25.9 Å². The van der Waals surface area contributed by atoms with E-state index in [2.05, 4.69) is 0 Å². The molecule has 0 aliphatic rings. The Morgan fingerprint density at radius 3 is 2.60 bits per heavy atom. The first-order chi connectivity index (χ1) is 7.10. The van der Waals surface area contributed by atoms with Crippen molar-refractivity contribution in [2.24, 2.45) is 5.73 Å². The van der Waals surface area contributed by atoms with Crippen molar-refractivity contribution in [3.8, 4) is 0 Å². The minimum Gasteiger partial charge on any atom is -0.457 e. The van der Waals surface area contributed by atoms with Gasteiger partial charge in [-0.15, -0.1) is 0 Å². The smallest absolute Gasteiger partial charge is 0.306 e. The van der Waals surface area contributed by atoms with E-state index in [1.54, 1.807) is 0 Å². The summed E-state index contributed by atoms with van der Waals surface area (Å²) in [6.45, 7) is 1.23. The van der Waals surface area contributed by atoms with Crippen LogP contribution in [0.4, 0.5) is 0 Å². The number of aliphatic hydroxyl groups excluding tert-OH is 1. The molecule has 0 aromatic carbocycles. The number of carbonyl (C=O) groups is 2. The van der Waals surface area contributed by atoms with Gasteiger partial charge in [0.2, 0.25) is 5.91 Å². The lowest BCUT2D eigenvalue weighted by atomic mass is 10.3. The molecule has 0 bridgehead atoms. The fourth-order valence-corrected chi connectivity index (χ4v) is 0.864. The lowest BCUT2D eigenvalue weighted by Gasteiger charge is -2.14. The van der Waals surface area contributed by atoms with Crippen molar-refractivity contribution in [2.75, 3.05) is 19.8 Å². The molecule has 0 aliphatic carbocycles. The highest BCUT2D eigenvalue weighted by Crippen LogP contribution is 1.98. The SMILES string of the molecule is CCCC(=O)OC(CO)COCC(N)=O. The topological polar surface area (TPSA) is 98.8 Å². The van der Waals surface area contributed by atoms with Gasteiger partial charge in [-0.2, -0.15) is 0 Å². The number of hydrogen-bond acceptors (Lipinski definition) is 5. The Kier molecular flexibility index (Phi) is 7.57. The third-order valence-corrected chi connectivity index (χ3v) is 1.50. The van der Waals surface area contributed by atoms with Gasteiger partial charge in [0.25, 0.3) is 0 Å². The predicted molar refractivity (Wildman–Crippen MR) is 51.9 cm³/mol. The van der Waals surface area contributed by atoms with Crippen LogP contribution in [-0.2, 0) is 19.1 Å². The van der Waals surface area contributed by atoms with Crippen LogP contribution in [0.15, 0.2) is 0 Å². The average molecular weight is 219 g/mol. The summed E-state index contributed by atoms with van der Waals surface area (Å²) in [6, 6.07) is 0. The van der Waals surface area contributed by atoms with Crippen LogP contribution in [0, 0.1) is 0 Å². The Morgan fingerprint density at radius 1 is 1.47 bits per heavy atom. The molecule has 0 fully saturated rings. The molecule has 15 heavy (non-hydrogen) atoms. The minimum atomic E-state index is -0.733. The highest BCUT2D eigenvalue weighted by atomic mass is 16.6. The van der Waals surface area contributed by atoms with E-state index in [9.17, 15) is 9.59 Å². The Balaban J connectivity index is 3.72. The molecule has 0 aromatic rings. The first kappa shape index (κ1) is 13.9. The number of nitrogens with two attached hydrogens (primary N) is 1. The number of primary amides is 1. The molecule has 1 unspecified atom stereocenters. The summed E-state index contributed by atoms with van der Waals surface area (Å²) in [5, 5.41) is 8.83. The van der Waals surface area contributed by atoms with Crippen molar-refractivity contribution in [1.82, 2.24) is 0 Å². The van der Waals surface area contributed by atoms with Gasteiger partial charge in [0.1, 0.15) is 12.7 Å². The first-order valence-corrected chi connectivity index (χ1v) is 4.76. The summed E-state index contributed by atoms with van der Waals surface area (Å²) in [7, 11) is 0. The zero-order valence-corrected chi connectivity index (χ0v) is 8.77. The van der Waals surface area contributed by atoms with E-state index >= 15 is 0 Å². The summed E-state index contributed by atoms with van der Waals surface area (Å²) >= 11 is 0. The molecule has 0 saturated heterocycles. The summed E-state index contributed by atoms with van der Waals surface area (Å²) in [6.07, 6.45) is 0.245. The number of amides is 1.